The highest BCUT2D eigenvalue weighted by Crippen LogP contribution is 2.18. The van der Waals surface area contributed by atoms with Gasteiger partial charge in [-0.3, -0.25) is 4.79 Å². The lowest BCUT2D eigenvalue weighted by atomic mass is 10.2. The second kappa shape index (κ2) is 6.87. The van der Waals surface area contributed by atoms with E-state index in [1.165, 1.54) is 12.1 Å². The van der Waals surface area contributed by atoms with Crippen LogP contribution in [-0.2, 0) is 6.42 Å². The molecule has 1 amide bonds. The number of nitrogens with one attached hydrogen (secondary N) is 1. The average molecular weight is 310 g/mol. The van der Waals surface area contributed by atoms with Crippen molar-refractivity contribution in [2.24, 2.45) is 0 Å². The highest BCUT2D eigenvalue weighted by atomic mass is 19.1. The minimum atomic E-state index is -0.302. The summed E-state index contributed by atoms with van der Waals surface area (Å²) in [6.07, 6.45) is 2.11. The first-order chi connectivity index (χ1) is 11.2. The molecule has 0 aliphatic heterocycles. The third kappa shape index (κ3) is 3.83. The van der Waals surface area contributed by atoms with Gasteiger partial charge < -0.3 is 9.73 Å². The van der Waals surface area contributed by atoms with Crippen molar-refractivity contribution in [1.82, 2.24) is 10.3 Å². The van der Waals surface area contributed by atoms with Gasteiger partial charge >= 0.3 is 0 Å². The number of hydrogen-bond acceptors (Lipinski definition) is 3. The number of oxazole rings is 1. The van der Waals surface area contributed by atoms with Crippen LogP contribution in [0.5, 0.6) is 0 Å². The summed E-state index contributed by atoms with van der Waals surface area (Å²) in [5.41, 5.74) is 2.07. The summed E-state index contributed by atoms with van der Waals surface area (Å²) in [6, 6.07) is 15.0. The number of carbonyl (C=O) groups excluding carboxylic acids is 1. The molecule has 4 nitrogen and oxygen atoms in total. The summed E-state index contributed by atoms with van der Waals surface area (Å²) in [6.45, 7) is 0.461. The van der Waals surface area contributed by atoms with Crippen molar-refractivity contribution in [3.63, 3.8) is 0 Å². The van der Waals surface area contributed by atoms with Crippen LogP contribution < -0.4 is 5.32 Å². The topological polar surface area (TPSA) is 55.1 Å². The molecule has 1 aromatic heterocycles. The van der Waals surface area contributed by atoms with E-state index in [2.05, 4.69) is 10.3 Å². The fourth-order valence-corrected chi connectivity index (χ4v) is 2.14. The lowest BCUT2D eigenvalue weighted by molar-refractivity contribution is 0.0954. The first-order valence-corrected chi connectivity index (χ1v) is 7.26. The van der Waals surface area contributed by atoms with Gasteiger partial charge in [-0.1, -0.05) is 18.2 Å². The smallest absolute Gasteiger partial charge is 0.251 e. The minimum Gasteiger partial charge on any atom is -0.444 e. The number of amides is 1. The van der Waals surface area contributed by atoms with E-state index < -0.39 is 0 Å². The van der Waals surface area contributed by atoms with E-state index in [0.717, 1.165) is 5.69 Å². The minimum absolute atomic E-state index is 0.118. The maximum Gasteiger partial charge on any atom is 0.251 e. The first-order valence-electron chi connectivity index (χ1n) is 7.26. The molecular weight excluding hydrogens is 295 g/mol. The molecule has 23 heavy (non-hydrogen) atoms. The van der Waals surface area contributed by atoms with Gasteiger partial charge in [0, 0.05) is 24.1 Å². The number of hydrogen-bond donors (Lipinski definition) is 1. The summed E-state index contributed by atoms with van der Waals surface area (Å²) >= 11 is 0. The second-order valence-corrected chi connectivity index (χ2v) is 5.02. The molecule has 0 unspecified atom stereocenters. The third-order valence-corrected chi connectivity index (χ3v) is 3.35. The molecule has 0 aliphatic rings. The van der Waals surface area contributed by atoms with Crippen molar-refractivity contribution < 1.29 is 13.6 Å². The number of halogens is 1. The van der Waals surface area contributed by atoms with Crippen molar-refractivity contribution in [2.75, 3.05) is 6.54 Å². The molecule has 3 aromatic rings. The van der Waals surface area contributed by atoms with Crippen LogP contribution in [0.1, 0.15) is 16.1 Å². The molecule has 1 heterocycles. The Kier molecular flexibility index (Phi) is 4.47. The molecule has 0 radical (unpaired) electrons. The van der Waals surface area contributed by atoms with Crippen LogP contribution in [0, 0.1) is 5.82 Å². The van der Waals surface area contributed by atoms with E-state index in [9.17, 15) is 9.18 Å². The second-order valence-electron chi connectivity index (χ2n) is 5.02. The fraction of sp³-hybridized carbons (Fsp3) is 0.111. The molecule has 3 rings (SSSR count). The summed E-state index contributed by atoms with van der Waals surface area (Å²) in [4.78, 5) is 16.2. The average Bonchev–Trinajstić information content (AvgIpc) is 3.05. The Labute approximate surface area is 133 Å². The van der Waals surface area contributed by atoms with E-state index in [0.29, 0.717) is 30.0 Å². The molecule has 0 saturated carbocycles. The molecule has 1 N–H and O–H groups in total. The molecule has 0 spiro atoms. The van der Waals surface area contributed by atoms with Crippen molar-refractivity contribution in [1.29, 1.82) is 0 Å². The van der Waals surface area contributed by atoms with Crippen LogP contribution in [0.3, 0.4) is 0 Å². The molecule has 0 atom stereocenters. The zero-order valence-electron chi connectivity index (χ0n) is 12.3. The van der Waals surface area contributed by atoms with Crippen LogP contribution in [-0.4, -0.2) is 17.4 Å². The van der Waals surface area contributed by atoms with Crippen LogP contribution in [0.15, 0.2) is 65.3 Å². The van der Waals surface area contributed by atoms with Gasteiger partial charge in [0.05, 0.1) is 5.69 Å². The number of aromatic nitrogens is 1. The lowest BCUT2D eigenvalue weighted by Gasteiger charge is -2.03. The molecular formula is C18H15FN2O2. The summed E-state index contributed by atoms with van der Waals surface area (Å²) in [5, 5.41) is 2.83. The molecule has 5 heteroatoms. The van der Waals surface area contributed by atoms with Gasteiger partial charge in [0.1, 0.15) is 12.1 Å². The van der Waals surface area contributed by atoms with Crippen molar-refractivity contribution >= 4 is 5.91 Å². The van der Waals surface area contributed by atoms with E-state index in [1.807, 2.05) is 18.2 Å². The Balaban J connectivity index is 1.55. The first kappa shape index (κ1) is 15.0. The van der Waals surface area contributed by atoms with Gasteiger partial charge in [0.15, 0.2) is 0 Å². The van der Waals surface area contributed by atoms with E-state index in [4.69, 9.17) is 4.42 Å². The quantitative estimate of drug-likeness (QED) is 0.785. The molecule has 0 bridgehead atoms. The van der Waals surface area contributed by atoms with Gasteiger partial charge in [-0.15, -0.1) is 0 Å². The predicted octanol–water partition coefficient (Wildman–Crippen LogP) is 3.45. The van der Waals surface area contributed by atoms with Crippen LogP contribution >= 0.6 is 0 Å². The van der Waals surface area contributed by atoms with E-state index in [-0.39, 0.29) is 11.7 Å². The summed E-state index contributed by atoms with van der Waals surface area (Å²) in [5.74, 6) is 0.0198. The Morgan fingerprint density at radius 3 is 2.57 bits per heavy atom. The zero-order valence-corrected chi connectivity index (χ0v) is 12.3. The maximum atomic E-state index is 12.9. The molecule has 116 valence electrons. The number of rotatable bonds is 5. The molecule has 0 aliphatic carbocycles. The van der Waals surface area contributed by atoms with Crippen molar-refractivity contribution in [3.8, 4) is 11.5 Å². The number of carbonyl (C=O) groups is 1. The Morgan fingerprint density at radius 2 is 1.83 bits per heavy atom. The van der Waals surface area contributed by atoms with Gasteiger partial charge in [-0.2, -0.15) is 0 Å². The number of nitrogens with zero attached hydrogens (tertiary/aromatic N) is 1. The highest BCUT2D eigenvalue weighted by molar-refractivity contribution is 5.94. The predicted molar refractivity (Wildman–Crippen MR) is 84.4 cm³/mol. The Hall–Kier alpha value is -2.95. The highest BCUT2D eigenvalue weighted by Gasteiger charge is 2.08. The van der Waals surface area contributed by atoms with E-state index >= 15 is 0 Å². The van der Waals surface area contributed by atoms with Crippen molar-refractivity contribution in [2.45, 2.75) is 6.42 Å². The van der Waals surface area contributed by atoms with Crippen LogP contribution in [0.2, 0.25) is 0 Å². The third-order valence-electron chi connectivity index (χ3n) is 3.35. The Morgan fingerprint density at radius 1 is 1.09 bits per heavy atom. The molecule has 0 saturated heterocycles. The number of benzene rings is 2. The van der Waals surface area contributed by atoms with Crippen LogP contribution in [0.4, 0.5) is 4.39 Å². The normalized spacial score (nSPS) is 10.5. The summed E-state index contributed by atoms with van der Waals surface area (Å²) in [7, 11) is 0. The monoisotopic (exact) mass is 310 g/mol. The fourth-order valence-electron chi connectivity index (χ4n) is 2.14. The van der Waals surface area contributed by atoms with Crippen molar-refractivity contribution in [3.05, 3.63) is 77.9 Å². The van der Waals surface area contributed by atoms with Gasteiger partial charge in [0.2, 0.25) is 5.89 Å². The van der Waals surface area contributed by atoms with E-state index in [1.54, 1.807) is 30.5 Å². The maximum absolute atomic E-state index is 12.9. The van der Waals surface area contributed by atoms with Gasteiger partial charge in [0.25, 0.3) is 5.91 Å². The Bertz CT molecular complexity index is 782. The van der Waals surface area contributed by atoms with Gasteiger partial charge in [-0.25, -0.2) is 9.37 Å². The molecule has 0 fully saturated rings. The zero-order chi connectivity index (χ0) is 16.1. The summed E-state index contributed by atoms with van der Waals surface area (Å²) < 4.78 is 18.3. The standard InChI is InChI=1S/C18H15FN2O2/c19-15-8-6-14(7-9-15)18-21-16(12-23-18)10-11-20-17(22)13-4-2-1-3-5-13/h1-9,12H,10-11H2,(H,20,22). The van der Waals surface area contributed by atoms with Gasteiger partial charge in [-0.05, 0) is 36.4 Å². The SMILES string of the molecule is O=C(NCCc1coc(-c2ccc(F)cc2)n1)c1ccccc1. The van der Waals surface area contributed by atoms with Crippen LogP contribution in [0.25, 0.3) is 11.5 Å². The molecule has 2 aromatic carbocycles. The largest absolute Gasteiger partial charge is 0.444 e. The lowest BCUT2D eigenvalue weighted by Crippen LogP contribution is -2.25.